The van der Waals surface area contributed by atoms with Gasteiger partial charge in [0.2, 0.25) is 11.0 Å². The fraction of sp³-hybridized carbons (Fsp3) is 0.429. The zero-order valence-electron chi connectivity index (χ0n) is 22.9. The molecule has 1 fully saturated rings. The Balaban J connectivity index is 0.000000612. The molecule has 0 spiro atoms. The predicted octanol–water partition coefficient (Wildman–Crippen LogP) is 3.48. The number of aliphatic carboxylic acids is 1. The molecule has 0 bridgehead atoms. The number of carbonyl (C=O) groups is 4. The van der Waals surface area contributed by atoms with Gasteiger partial charge in [0.05, 0.1) is 5.92 Å². The molecular weight excluding hydrogens is 572 g/mol. The molecule has 0 aliphatic carbocycles. The monoisotopic (exact) mass is 610 g/mol. The smallest absolute Gasteiger partial charge is 0.326 e. The van der Waals surface area contributed by atoms with Crippen LogP contribution in [-0.2, 0) is 16.0 Å². The van der Waals surface area contributed by atoms with Gasteiger partial charge in [0.15, 0.2) is 0 Å². The van der Waals surface area contributed by atoms with Crippen LogP contribution in [-0.4, -0.2) is 95.0 Å². The third kappa shape index (κ3) is 13.1. The Kier molecular flexibility index (Phi) is 17.1. The van der Waals surface area contributed by atoms with Crippen LogP contribution < -0.4 is 11.1 Å². The number of primary amides is 1. The maximum Gasteiger partial charge on any atom is 0.326 e. The first-order valence-electron chi connectivity index (χ1n) is 12.7. The maximum absolute atomic E-state index is 12.9. The number of thioether (sulfide) groups is 2. The normalized spacial score (nSPS) is 14.5. The molecule has 12 heteroatoms. The number of nitrogens with two attached hydrogens (primary N) is 1. The van der Waals surface area contributed by atoms with Gasteiger partial charge in [-0.2, -0.15) is 11.8 Å². The number of carbonyl (C=O) groups excluding carboxylic acids is 3. The highest BCUT2D eigenvalue weighted by Crippen LogP contribution is 2.20. The second-order valence-electron chi connectivity index (χ2n) is 9.16. The Morgan fingerprint density at radius 3 is 2.08 bits per heavy atom. The number of piperazine rings is 1. The molecule has 1 saturated heterocycles. The van der Waals surface area contributed by atoms with Gasteiger partial charge in [-0.15, -0.1) is 12.4 Å². The molecule has 0 aromatic heterocycles. The molecule has 1 aliphatic heterocycles. The molecule has 0 saturated carbocycles. The van der Waals surface area contributed by atoms with E-state index in [-0.39, 0.29) is 35.2 Å². The first kappa shape index (κ1) is 35.3. The number of likely N-dealkylation sites (N-methyl/N-ethyl adjacent to an activating group) is 1. The maximum atomic E-state index is 12.9. The first-order valence-corrected chi connectivity index (χ1v) is 15.1. The number of rotatable bonds is 11. The van der Waals surface area contributed by atoms with Crippen LogP contribution in [0.2, 0.25) is 0 Å². The summed E-state index contributed by atoms with van der Waals surface area (Å²) in [4.78, 5) is 51.2. The average Bonchev–Trinajstić information content (AvgIpc) is 2.94. The van der Waals surface area contributed by atoms with Crippen LogP contribution in [0.25, 0.3) is 0 Å². The van der Waals surface area contributed by atoms with E-state index in [0.29, 0.717) is 24.2 Å². The van der Waals surface area contributed by atoms with Crippen molar-refractivity contribution < 1.29 is 24.3 Å². The van der Waals surface area contributed by atoms with Crippen LogP contribution in [0.5, 0.6) is 0 Å². The first-order chi connectivity index (χ1) is 18.7. The molecule has 1 unspecified atom stereocenters. The van der Waals surface area contributed by atoms with E-state index in [0.717, 1.165) is 43.5 Å². The highest BCUT2D eigenvalue weighted by atomic mass is 35.5. The molecule has 9 nitrogen and oxygen atoms in total. The number of halogens is 1. The van der Waals surface area contributed by atoms with Gasteiger partial charge in [0, 0.05) is 37.5 Å². The van der Waals surface area contributed by atoms with E-state index in [1.807, 2.05) is 49.7 Å². The lowest BCUT2D eigenvalue weighted by Crippen LogP contribution is -2.49. The van der Waals surface area contributed by atoms with Crippen molar-refractivity contribution in [2.75, 3.05) is 51.0 Å². The van der Waals surface area contributed by atoms with Gasteiger partial charge in [-0.3, -0.25) is 9.59 Å². The lowest BCUT2D eigenvalue weighted by molar-refractivity contribution is -0.142. The van der Waals surface area contributed by atoms with Gasteiger partial charge in [0.1, 0.15) is 6.04 Å². The number of carboxylic acid groups (broad SMARTS) is 1. The molecule has 4 N–H and O–H groups in total. The Morgan fingerprint density at radius 2 is 1.55 bits per heavy atom. The van der Waals surface area contributed by atoms with E-state index < -0.39 is 17.9 Å². The van der Waals surface area contributed by atoms with Crippen molar-refractivity contribution in [1.82, 2.24) is 15.1 Å². The minimum Gasteiger partial charge on any atom is -0.480 e. The summed E-state index contributed by atoms with van der Waals surface area (Å²) in [7, 11) is 2.04. The number of carboxylic acids is 1. The number of nitrogens with zero attached hydrogens (tertiary/aromatic N) is 2. The summed E-state index contributed by atoms with van der Waals surface area (Å²) in [6.45, 7) is 3.41. The zero-order valence-corrected chi connectivity index (χ0v) is 25.3. The Hall–Kier alpha value is -2.73. The molecule has 3 rings (SSSR count). The lowest BCUT2D eigenvalue weighted by atomic mass is 9.99. The number of benzene rings is 2. The number of urea groups is 1. The van der Waals surface area contributed by atoms with E-state index in [9.17, 15) is 24.3 Å². The van der Waals surface area contributed by atoms with E-state index in [1.165, 1.54) is 11.8 Å². The van der Waals surface area contributed by atoms with Gasteiger partial charge in [-0.1, -0.05) is 72.4 Å². The minimum absolute atomic E-state index is 0. The molecule has 3 amide bonds. The summed E-state index contributed by atoms with van der Waals surface area (Å²) in [5, 5.41) is 12.0. The summed E-state index contributed by atoms with van der Waals surface area (Å²) >= 11 is 2.62. The minimum atomic E-state index is -1.04. The highest BCUT2D eigenvalue weighted by Gasteiger charge is 2.26. The summed E-state index contributed by atoms with van der Waals surface area (Å²) in [6, 6.07) is 17.2. The quantitative estimate of drug-likeness (QED) is 0.352. The Labute approximate surface area is 251 Å². The molecule has 220 valence electrons. The van der Waals surface area contributed by atoms with Crippen molar-refractivity contribution in [2.45, 2.75) is 18.9 Å². The highest BCUT2D eigenvalue weighted by molar-refractivity contribution is 8.14. The summed E-state index contributed by atoms with van der Waals surface area (Å²) in [5.41, 5.74) is 6.63. The Morgan fingerprint density at radius 1 is 0.975 bits per heavy atom. The van der Waals surface area contributed by atoms with E-state index in [2.05, 4.69) is 10.2 Å². The molecule has 0 radical (unpaired) electrons. The van der Waals surface area contributed by atoms with Crippen molar-refractivity contribution in [3.8, 4) is 0 Å². The van der Waals surface area contributed by atoms with Crippen molar-refractivity contribution >= 4 is 59.0 Å². The fourth-order valence-electron chi connectivity index (χ4n) is 3.77. The number of hydrogen-bond acceptors (Lipinski definition) is 7. The Bertz CT molecular complexity index is 1060. The second kappa shape index (κ2) is 19.4. The molecule has 2 aromatic rings. The third-order valence-corrected chi connectivity index (χ3v) is 7.87. The molecule has 1 heterocycles. The third-order valence-electron chi connectivity index (χ3n) is 6.16. The van der Waals surface area contributed by atoms with Crippen LogP contribution in [0, 0.1) is 5.92 Å². The van der Waals surface area contributed by atoms with Gasteiger partial charge < -0.3 is 26.0 Å². The standard InChI is InChI=1S/C22H25NO4S2.C6H13N3O.ClH/c1-28-13-12-19(21(25)26)23-20(24)18(14-16-8-4-2-5-9-16)15-29-22(27)17-10-6-3-7-11-17;1-8-2-4-9(5-3-8)6(7)10;/h2-11,18-19H,12-15H2,1H3,(H,23,24)(H,25,26);2-5H2,1H3,(H2,7,10);1H/t18?,19-;;/m0../s1. The number of hydrogen-bond donors (Lipinski definition) is 3. The van der Waals surface area contributed by atoms with Crippen molar-refractivity contribution in [3.63, 3.8) is 0 Å². The number of amides is 3. The second-order valence-corrected chi connectivity index (χ2v) is 11.1. The van der Waals surface area contributed by atoms with E-state index in [1.54, 1.807) is 29.2 Å². The average molecular weight is 611 g/mol. The van der Waals surface area contributed by atoms with E-state index in [4.69, 9.17) is 5.73 Å². The topological polar surface area (TPSA) is 133 Å². The van der Waals surface area contributed by atoms with Crippen molar-refractivity contribution in [2.24, 2.45) is 11.7 Å². The summed E-state index contributed by atoms with van der Waals surface area (Å²) in [5.74, 6) is -0.966. The van der Waals surface area contributed by atoms with Crippen LogP contribution in [0.4, 0.5) is 4.79 Å². The zero-order chi connectivity index (χ0) is 28.6. The fourth-order valence-corrected chi connectivity index (χ4v) is 5.17. The van der Waals surface area contributed by atoms with Crippen molar-refractivity contribution in [3.05, 3.63) is 71.8 Å². The summed E-state index contributed by atoms with van der Waals surface area (Å²) in [6.07, 6.45) is 2.69. The SMILES string of the molecule is CN1CCN(C(N)=O)CC1.CSCC[C@H](NC(=O)C(CSC(=O)c1ccccc1)Cc1ccccc1)C(=O)O.Cl. The molecule has 40 heavy (non-hydrogen) atoms. The van der Waals surface area contributed by atoms with Crippen LogP contribution in [0.3, 0.4) is 0 Å². The van der Waals surface area contributed by atoms with Gasteiger partial charge >= 0.3 is 12.0 Å². The predicted molar refractivity (Wildman–Crippen MR) is 165 cm³/mol. The molecule has 1 aliphatic rings. The van der Waals surface area contributed by atoms with Gasteiger partial charge in [-0.25, -0.2) is 9.59 Å². The molecular formula is C28H39ClN4O5S2. The van der Waals surface area contributed by atoms with Gasteiger partial charge in [-0.05, 0) is 37.5 Å². The largest absolute Gasteiger partial charge is 0.480 e. The summed E-state index contributed by atoms with van der Waals surface area (Å²) < 4.78 is 0. The molecule has 2 atom stereocenters. The van der Waals surface area contributed by atoms with Crippen LogP contribution in [0.1, 0.15) is 22.3 Å². The van der Waals surface area contributed by atoms with Crippen LogP contribution >= 0.6 is 35.9 Å². The van der Waals surface area contributed by atoms with Gasteiger partial charge in [0.25, 0.3) is 0 Å². The van der Waals surface area contributed by atoms with Crippen LogP contribution in [0.15, 0.2) is 60.7 Å². The van der Waals surface area contributed by atoms with E-state index >= 15 is 0 Å². The molecule has 2 aromatic carbocycles. The lowest BCUT2D eigenvalue weighted by Gasteiger charge is -2.30. The number of nitrogens with one attached hydrogen (secondary N) is 1. The van der Waals surface area contributed by atoms with Crippen molar-refractivity contribution in [1.29, 1.82) is 0 Å².